The fourth-order valence-electron chi connectivity index (χ4n) is 1.78. The highest BCUT2D eigenvalue weighted by atomic mass is 19.1. The maximum Gasteiger partial charge on any atom is 0.123 e. The van der Waals surface area contributed by atoms with Crippen LogP contribution < -0.4 is 5.32 Å². The number of hydrogen-bond acceptors (Lipinski definition) is 2. The van der Waals surface area contributed by atoms with E-state index in [-0.39, 0.29) is 5.82 Å². The molecule has 0 atom stereocenters. The van der Waals surface area contributed by atoms with Crippen LogP contribution in [0.1, 0.15) is 5.69 Å². The number of rotatable bonds is 4. The monoisotopic (exact) mass is 233 g/mol. The summed E-state index contributed by atoms with van der Waals surface area (Å²) in [6.07, 6.45) is 0.912. The van der Waals surface area contributed by atoms with E-state index in [2.05, 4.69) is 10.4 Å². The van der Waals surface area contributed by atoms with Crippen molar-refractivity contribution in [1.82, 2.24) is 15.1 Å². The Labute approximate surface area is 100 Å². The smallest absolute Gasteiger partial charge is 0.123 e. The third kappa shape index (κ3) is 2.71. The standard InChI is InChI=1S/C13H16FN3/c1-15-7-6-12-9-13(16-17(12)2)10-4-3-5-11(14)8-10/h3-5,8-9,15H,6-7H2,1-2H3. The lowest BCUT2D eigenvalue weighted by atomic mass is 10.1. The van der Waals surface area contributed by atoms with Crippen molar-refractivity contribution in [1.29, 1.82) is 0 Å². The van der Waals surface area contributed by atoms with E-state index in [4.69, 9.17) is 0 Å². The van der Waals surface area contributed by atoms with Gasteiger partial charge in [0.1, 0.15) is 5.82 Å². The van der Waals surface area contributed by atoms with Gasteiger partial charge < -0.3 is 5.32 Å². The van der Waals surface area contributed by atoms with E-state index >= 15 is 0 Å². The van der Waals surface area contributed by atoms with Gasteiger partial charge in [0.05, 0.1) is 5.69 Å². The van der Waals surface area contributed by atoms with Crippen LogP contribution in [0.3, 0.4) is 0 Å². The molecular weight excluding hydrogens is 217 g/mol. The summed E-state index contributed by atoms with van der Waals surface area (Å²) in [5.41, 5.74) is 2.77. The van der Waals surface area contributed by atoms with E-state index in [9.17, 15) is 4.39 Å². The maximum absolute atomic E-state index is 13.1. The summed E-state index contributed by atoms with van der Waals surface area (Å²) in [5, 5.41) is 7.50. The highest BCUT2D eigenvalue weighted by Gasteiger charge is 2.07. The highest BCUT2D eigenvalue weighted by molar-refractivity contribution is 5.59. The zero-order valence-electron chi connectivity index (χ0n) is 10.1. The van der Waals surface area contributed by atoms with Crippen molar-refractivity contribution >= 4 is 0 Å². The molecule has 0 aliphatic carbocycles. The molecule has 1 heterocycles. The van der Waals surface area contributed by atoms with Gasteiger partial charge in [-0.3, -0.25) is 4.68 Å². The lowest BCUT2D eigenvalue weighted by molar-refractivity contribution is 0.628. The average molecular weight is 233 g/mol. The number of halogens is 1. The van der Waals surface area contributed by atoms with Crippen molar-refractivity contribution < 1.29 is 4.39 Å². The average Bonchev–Trinajstić information content (AvgIpc) is 2.68. The van der Waals surface area contributed by atoms with Gasteiger partial charge in [0, 0.05) is 31.3 Å². The van der Waals surface area contributed by atoms with Crippen LogP contribution in [0.5, 0.6) is 0 Å². The lowest BCUT2D eigenvalue weighted by Crippen LogP contribution is -2.12. The Morgan fingerprint density at radius 1 is 1.35 bits per heavy atom. The van der Waals surface area contributed by atoms with E-state index in [1.54, 1.807) is 6.07 Å². The molecule has 2 rings (SSSR count). The summed E-state index contributed by atoms with van der Waals surface area (Å²) < 4.78 is 15.0. The van der Waals surface area contributed by atoms with Crippen LogP contribution in [0.2, 0.25) is 0 Å². The molecule has 0 saturated carbocycles. The quantitative estimate of drug-likeness (QED) is 0.875. The van der Waals surface area contributed by atoms with Crippen LogP contribution in [0.15, 0.2) is 30.3 Å². The molecule has 3 nitrogen and oxygen atoms in total. The summed E-state index contributed by atoms with van der Waals surface area (Å²) in [6, 6.07) is 8.52. The molecule has 0 spiro atoms. The van der Waals surface area contributed by atoms with Crippen LogP contribution in [0.25, 0.3) is 11.3 Å². The molecule has 0 unspecified atom stereocenters. The van der Waals surface area contributed by atoms with Crippen molar-refractivity contribution in [2.24, 2.45) is 7.05 Å². The van der Waals surface area contributed by atoms with Gasteiger partial charge in [0.25, 0.3) is 0 Å². The summed E-state index contributed by atoms with van der Waals surface area (Å²) in [5.74, 6) is -0.232. The van der Waals surface area contributed by atoms with Gasteiger partial charge in [0.15, 0.2) is 0 Å². The van der Waals surface area contributed by atoms with Gasteiger partial charge in [-0.2, -0.15) is 5.10 Å². The Bertz CT molecular complexity index is 505. The van der Waals surface area contributed by atoms with Gasteiger partial charge in [0.2, 0.25) is 0 Å². The van der Waals surface area contributed by atoms with Gasteiger partial charge in [-0.15, -0.1) is 0 Å². The maximum atomic E-state index is 13.1. The molecule has 2 aromatic rings. The first-order valence-corrected chi connectivity index (χ1v) is 5.64. The topological polar surface area (TPSA) is 29.9 Å². The van der Waals surface area contributed by atoms with Gasteiger partial charge in [-0.25, -0.2) is 4.39 Å². The second kappa shape index (κ2) is 5.10. The van der Waals surface area contributed by atoms with E-state index in [1.165, 1.54) is 12.1 Å². The van der Waals surface area contributed by atoms with Crippen molar-refractivity contribution in [3.8, 4) is 11.3 Å². The second-order valence-electron chi connectivity index (χ2n) is 4.01. The molecule has 0 fully saturated rings. The van der Waals surface area contributed by atoms with Crippen LogP contribution in [0, 0.1) is 5.82 Å². The van der Waals surface area contributed by atoms with Crippen LogP contribution in [-0.4, -0.2) is 23.4 Å². The van der Waals surface area contributed by atoms with Crippen molar-refractivity contribution in [3.05, 3.63) is 41.8 Å². The first kappa shape index (κ1) is 11.8. The zero-order chi connectivity index (χ0) is 12.3. The summed E-state index contributed by atoms with van der Waals surface area (Å²) in [7, 11) is 3.83. The van der Waals surface area contributed by atoms with Crippen molar-refractivity contribution in [2.75, 3.05) is 13.6 Å². The highest BCUT2D eigenvalue weighted by Crippen LogP contribution is 2.19. The fraction of sp³-hybridized carbons (Fsp3) is 0.308. The molecule has 0 aliphatic heterocycles. The van der Waals surface area contributed by atoms with Crippen molar-refractivity contribution in [3.63, 3.8) is 0 Å². The fourth-order valence-corrected chi connectivity index (χ4v) is 1.78. The Kier molecular flexibility index (Phi) is 3.54. The Hall–Kier alpha value is -1.68. The molecule has 0 saturated heterocycles. The lowest BCUT2D eigenvalue weighted by Gasteiger charge is -1.99. The minimum atomic E-state index is -0.232. The predicted octanol–water partition coefficient (Wildman–Crippen LogP) is 1.99. The largest absolute Gasteiger partial charge is 0.319 e. The van der Waals surface area contributed by atoms with Crippen molar-refractivity contribution in [2.45, 2.75) is 6.42 Å². The summed E-state index contributed by atoms with van der Waals surface area (Å²) in [4.78, 5) is 0. The molecule has 0 bridgehead atoms. The van der Waals surface area contributed by atoms with E-state index in [1.807, 2.05) is 30.9 Å². The number of nitrogens with one attached hydrogen (secondary N) is 1. The molecule has 1 N–H and O–H groups in total. The van der Waals surface area contributed by atoms with E-state index in [0.29, 0.717) is 0 Å². The molecular formula is C13H16FN3. The normalized spacial score (nSPS) is 10.8. The molecule has 17 heavy (non-hydrogen) atoms. The number of hydrogen-bond donors (Lipinski definition) is 1. The molecule has 0 amide bonds. The number of aromatic nitrogens is 2. The minimum Gasteiger partial charge on any atom is -0.319 e. The number of nitrogens with zero attached hydrogens (tertiary/aromatic N) is 2. The van der Waals surface area contributed by atoms with E-state index < -0.39 is 0 Å². The molecule has 1 aromatic heterocycles. The van der Waals surface area contributed by atoms with E-state index in [0.717, 1.165) is 29.9 Å². The third-order valence-corrected chi connectivity index (χ3v) is 2.73. The third-order valence-electron chi connectivity index (χ3n) is 2.73. The zero-order valence-corrected chi connectivity index (χ0v) is 10.1. The Morgan fingerprint density at radius 2 is 2.18 bits per heavy atom. The molecule has 90 valence electrons. The SMILES string of the molecule is CNCCc1cc(-c2cccc(F)c2)nn1C. The first-order valence-electron chi connectivity index (χ1n) is 5.64. The summed E-state index contributed by atoms with van der Waals surface area (Å²) >= 11 is 0. The van der Waals surface area contributed by atoms with Gasteiger partial charge >= 0.3 is 0 Å². The predicted molar refractivity (Wildman–Crippen MR) is 66.2 cm³/mol. The number of aryl methyl sites for hydroxylation is 1. The van der Waals surface area contributed by atoms with Crippen LogP contribution in [0.4, 0.5) is 4.39 Å². The Morgan fingerprint density at radius 3 is 2.88 bits per heavy atom. The second-order valence-corrected chi connectivity index (χ2v) is 4.01. The Balaban J connectivity index is 2.28. The first-order chi connectivity index (χ1) is 8.20. The van der Waals surface area contributed by atoms with Crippen LogP contribution in [-0.2, 0) is 13.5 Å². The number of likely N-dealkylation sites (N-methyl/N-ethyl adjacent to an activating group) is 1. The summed E-state index contributed by atoms with van der Waals surface area (Å²) in [6.45, 7) is 0.905. The van der Waals surface area contributed by atoms with Gasteiger partial charge in [-0.05, 0) is 25.2 Å². The number of benzene rings is 1. The molecule has 0 aliphatic rings. The molecule has 0 radical (unpaired) electrons. The van der Waals surface area contributed by atoms with Gasteiger partial charge in [-0.1, -0.05) is 12.1 Å². The molecule has 1 aromatic carbocycles. The van der Waals surface area contributed by atoms with Crippen LogP contribution >= 0.6 is 0 Å². The molecule has 4 heteroatoms. The minimum absolute atomic E-state index is 0.232.